The van der Waals surface area contributed by atoms with Crippen molar-refractivity contribution in [3.8, 4) is 0 Å². The molecule has 2 heterocycles. The summed E-state index contributed by atoms with van der Waals surface area (Å²) in [5.41, 5.74) is 35.1. The normalized spacial score (nSPS) is 41.4. The third-order valence-electron chi connectivity index (χ3n) is 8.35. The molecule has 0 spiro atoms. The first-order valence-corrected chi connectivity index (χ1v) is 15.4. The number of nitrogens with one attached hydrogen (secondary N) is 2. The summed E-state index contributed by atoms with van der Waals surface area (Å²) in [4.78, 5) is 16.7. The van der Waals surface area contributed by atoms with Crippen LogP contribution in [0.3, 0.4) is 0 Å². The number of rotatable bonds is 13. The molecule has 3 fully saturated rings. The second kappa shape index (κ2) is 18.0. The van der Waals surface area contributed by atoms with E-state index < -0.39 is 104 Å². The number of aliphatic imine (C=N–C) groups is 1. The number of carbonyl (C=O) groups is 1. The van der Waals surface area contributed by atoms with Crippen LogP contribution in [0.15, 0.2) is 4.99 Å². The quantitative estimate of drug-likeness (QED) is 0.0639. The fourth-order valence-electron chi connectivity index (χ4n) is 5.74. The molecule has 1 saturated carbocycles. The predicted octanol–water partition coefficient (Wildman–Crippen LogP) is -7.16. The van der Waals surface area contributed by atoms with Crippen LogP contribution in [0.2, 0.25) is 0 Å². The molecule has 0 bridgehead atoms. The van der Waals surface area contributed by atoms with Crippen LogP contribution in [0, 0.1) is 0 Å². The van der Waals surface area contributed by atoms with Gasteiger partial charge in [0.05, 0.1) is 43.5 Å². The number of hydrogen-bond donors (Lipinski definition) is 13. The van der Waals surface area contributed by atoms with Crippen LogP contribution < -0.4 is 45.0 Å². The molecule has 15 atom stereocenters. The second-order valence-corrected chi connectivity index (χ2v) is 11.8. The highest BCUT2D eigenvalue weighted by Crippen LogP contribution is 2.33. The Kier molecular flexibility index (Phi) is 15.1. The number of guanidine groups is 1. The molecule has 1 aliphatic carbocycles. The van der Waals surface area contributed by atoms with Gasteiger partial charge in [-0.05, 0) is 32.2 Å². The van der Waals surface area contributed by atoms with E-state index in [-0.39, 0.29) is 57.8 Å². The minimum absolute atomic E-state index is 0.000431. The SMILES string of the molecule is NCCN=C(N)NC1C(O)[C@@H](CO)OC(OC2C(F)[C@H](O[C@H]3OC(CN)C(O)CCC3N)C(N)C[C@H]2NC(=O)[C@@H](O)CCN)[C@@H]1O. The molecule has 3 rings (SSSR count). The largest absolute Gasteiger partial charge is 0.394 e. The van der Waals surface area contributed by atoms with Crippen molar-refractivity contribution >= 4 is 11.9 Å². The van der Waals surface area contributed by atoms with Crippen LogP contribution in [0.1, 0.15) is 25.7 Å². The molecule has 0 radical (unpaired) electrons. The number of hydrogen-bond acceptors (Lipinski definition) is 16. The van der Waals surface area contributed by atoms with Gasteiger partial charge in [0.15, 0.2) is 24.7 Å². The summed E-state index contributed by atoms with van der Waals surface area (Å²) in [6.07, 6.45) is -15.6. The van der Waals surface area contributed by atoms with Gasteiger partial charge in [-0.25, -0.2) is 4.39 Å². The highest BCUT2D eigenvalue weighted by molar-refractivity contribution is 5.80. The number of carbonyl (C=O) groups excluding carboxylic acids is 1. The van der Waals surface area contributed by atoms with E-state index >= 15 is 4.39 Å². The first-order chi connectivity index (χ1) is 21.9. The zero-order chi connectivity index (χ0) is 34.1. The Morgan fingerprint density at radius 3 is 2.26 bits per heavy atom. The fourth-order valence-corrected chi connectivity index (χ4v) is 5.74. The minimum atomic E-state index is -2.13. The van der Waals surface area contributed by atoms with Crippen molar-refractivity contribution in [2.24, 2.45) is 39.4 Å². The molecule has 19 N–H and O–H groups in total. The van der Waals surface area contributed by atoms with E-state index in [9.17, 15) is 30.3 Å². The summed E-state index contributed by atoms with van der Waals surface area (Å²) in [5, 5.41) is 57.5. The third kappa shape index (κ3) is 9.60. The number of alkyl halides is 1. The summed E-state index contributed by atoms with van der Waals surface area (Å²) in [6, 6.07) is -4.33. The van der Waals surface area contributed by atoms with E-state index in [0.717, 1.165) is 0 Å². The lowest BCUT2D eigenvalue weighted by molar-refractivity contribution is -0.309. The number of aliphatic hydroxyl groups excluding tert-OH is 5. The summed E-state index contributed by atoms with van der Waals surface area (Å²) in [5.74, 6) is -1.04. The Labute approximate surface area is 266 Å². The molecular formula is C26H52FN9O10. The molecule has 268 valence electrons. The lowest BCUT2D eigenvalue weighted by Crippen LogP contribution is -2.69. The lowest BCUT2D eigenvalue weighted by atomic mass is 9.84. The number of nitrogens with two attached hydrogens (primary N) is 6. The van der Waals surface area contributed by atoms with Crippen LogP contribution in [0.4, 0.5) is 4.39 Å². The summed E-state index contributed by atoms with van der Waals surface area (Å²) >= 11 is 0. The molecule has 46 heavy (non-hydrogen) atoms. The molecule has 2 saturated heterocycles. The highest BCUT2D eigenvalue weighted by Gasteiger charge is 2.52. The van der Waals surface area contributed by atoms with Crippen LogP contribution in [0.5, 0.6) is 0 Å². The fraction of sp³-hybridized carbons (Fsp3) is 0.923. The predicted molar refractivity (Wildman–Crippen MR) is 160 cm³/mol. The van der Waals surface area contributed by atoms with Crippen LogP contribution in [0.25, 0.3) is 0 Å². The monoisotopic (exact) mass is 669 g/mol. The lowest BCUT2D eigenvalue weighted by Gasteiger charge is -2.47. The van der Waals surface area contributed by atoms with Gasteiger partial charge in [-0.2, -0.15) is 0 Å². The average Bonchev–Trinajstić information content (AvgIpc) is 3.16. The van der Waals surface area contributed by atoms with Gasteiger partial charge in [0, 0.05) is 19.1 Å². The summed E-state index contributed by atoms with van der Waals surface area (Å²) in [7, 11) is 0. The molecule has 1 amide bonds. The van der Waals surface area contributed by atoms with Gasteiger partial charge < -0.3 is 89.5 Å². The van der Waals surface area contributed by atoms with Crippen molar-refractivity contribution in [3.05, 3.63) is 0 Å². The van der Waals surface area contributed by atoms with Gasteiger partial charge in [-0.1, -0.05) is 0 Å². The summed E-state index contributed by atoms with van der Waals surface area (Å²) < 4.78 is 39.9. The van der Waals surface area contributed by atoms with Gasteiger partial charge in [0.2, 0.25) is 5.91 Å². The maximum Gasteiger partial charge on any atom is 0.249 e. The van der Waals surface area contributed by atoms with E-state index in [4.69, 9.17) is 53.3 Å². The second-order valence-electron chi connectivity index (χ2n) is 11.8. The third-order valence-corrected chi connectivity index (χ3v) is 8.35. The Balaban J connectivity index is 1.89. The van der Waals surface area contributed by atoms with Crippen LogP contribution in [-0.2, 0) is 23.7 Å². The number of ether oxygens (including phenoxy) is 4. The van der Waals surface area contributed by atoms with Gasteiger partial charge in [0.1, 0.15) is 36.6 Å². The van der Waals surface area contributed by atoms with Gasteiger partial charge in [0.25, 0.3) is 0 Å². The Bertz CT molecular complexity index is 979. The van der Waals surface area contributed by atoms with Gasteiger partial charge in [-0.15, -0.1) is 0 Å². The molecule has 9 unspecified atom stereocenters. The zero-order valence-corrected chi connectivity index (χ0v) is 25.6. The molecular weight excluding hydrogens is 617 g/mol. The standard InChI is InChI=1S/C26H52FN9O10/c27-17-21(45-24-10(31)1-2-13(38)15(8-30)43-24)11(32)7-12(35-23(42)14(39)3-4-28)22(17)46-25-20(41)18(19(40)16(9-37)44-25)36-26(33)34-6-5-29/h10-22,24-25,37-41H,1-9,28-32H2,(H,35,42)(H3,33,34,36)/t10?,11?,12-,13?,14+,15?,16-,17?,18?,19?,20-,21-,22?,24-,25?/m1/s1. The first-order valence-electron chi connectivity index (χ1n) is 15.4. The zero-order valence-electron chi connectivity index (χ0n) is 25.6. The van der Waals surface area contributed by atoms with E-state index in [1.54, 1.807) is 0 Å². The Morgan fingerprint density at radius 2 is 1.63 bits per heavy atom. The molecule has 0 aromatic rings. The molecule has 2 aliphatic heterocycles. The molecule has 20 heteroatoms. The van der Waals surface area contributed by atoms with Crippen molar-refractivity contribution in [2.75, 3.05) is 32.8 Å². The smallest absolute Gasteiger partial charge is 0.249 e. The maximum atomic E-state index is 16.6. The van der Waals surface area contributed by atoms with E-state index in [1.165, 1.54) is 0 Å². The molecule has 0 aromatic carbocycles. The van der Waals surface area contributed by atoms with Crippen LogP contribution >= 0.6 is 0 Å². The van der Waals surface area contributed by atoms with Crippen molar-refractivity contribution in [2.45, 2.75) is 117 Å². The maximum absolute atomic E-state index is 16.6. The average molecular weight is 670 g/mol. The van der Waals surface area contributed by atoms with Gasteiger partial charge >= 0.3 is 0 Å². The van der Waals surface area contributed by atoms with Crippen molar-refractivity contribution < 1.29 is 53.7 Å². The number of halogens is 1. The Hall–Kier alpha value is -1.89. The van der Waals surface area contributed by atoms with Crippen LogP contribution in [-0.4, -0.2) is 162 Å². The van der Waals surface area contributed by atoms with Crippen molar-refractivity contribution in [1.82, 2.24) is 10.6 Å². The van der Waals surface area contributed by atoms with Gasteiger partial charge in [-0.3, -0.25) is 9.79 Å². The number of amides is 1. The number of aliphatic hydroxyl groups is 5. The van der Waals surface area contributed by atoms with E-state index in [0.29, 0.717) is 0 Å². The summed E-state index contributed by atoms with van der Waals surface area (Å²) in [6.45, 7) is -0.460. The highest BCUT2D eigenvalue weighted by atomic mass is 19.1. The topological polar surface area (TPSA) is 348 Å². The number of nitrogens with zero attached hydrogens (tertiary/aromatic N) is 1. The van der Waals surface area contributed by atoms with E-state index in [1.807, 2.05) is 0 Å². The molecule has 19 nitrogen and oxygen atoms in total. The minimum Gasteiger partial charge on any atom is -0.394 e. The molecule has 0 aromatic heterocycles. The van der Waals surface area contributed by atoms with Crippen molar-refractivity contribution in [3.63, 3.8) is 0 Å². The Morgan fingerprint density at radius 1 is 0.957 bits per heavy atom. The first kappa shape index (κ1) is 38.6. The molecule has 3 aliphatic rings. The van der Waals surface area contributed by atoms with Crippen molar-refractivity contribution in [1.29, 1.82) is 0 Å². The van der Waals surface area contributed by atoms with E-state index in [2.05, 4.69) is 15.6 Å².